The summed E-state index contributed by atoms with van der Waals surface area (Å²) in [6, 6.07) is 13.7. The minimum absolute atomic E-state index is 0.0647. The molecular formula is C22H20F3N2O+. The number of rotatable bonds is 1. The van der Waals surface area contributed by atoms with Crippen molar-refractivity contribution in [3.8, 4) is 0 Å². The van der Waals surface area contributed by atoms with E-state index in [0.29, 0.717) is 5.39 Å². The summed E-state index contributed by atoms with van der Waals surface area (Å²) in [5, 5.41) is 2.60. The van der Waals surface area contributed by atoms with E-state index in [1.807, 2.05) is 55.9 Å². The van der Waals surface area contributed by atoms with E-state index >= 15 is 0 Å². The summed E-state index contributed by atoms with van der Waals surface area (Å²) in [6.07, 6.45) is -4.50. The lowest BCUT2D eigenvalue weighted by Crippen LogP contribution is -2.20. The summed E-state index contributed by atoms with van der Waals surface area (Å²) < 4.78 is 50.1. The van der Waals surface area contributed by atoms with Gasteiger partial charge in [-0.3, -0.25) is 0 Å². The average molecular weight is 385 g/mol. The van der Waals surface area contributed by atoms with Crippen LogP contribution in [0, 0.1) is 0 Å². The molecule has 0 fully saturated rings. The molecule has 0 radical (unpaired) electrons. The van der Waals surface area contributed by atoms with E-state index in [-0.39, 0.29) is 21.9 Å². The third-order valence-corrected chi connectivity index (χ3v) is 4.99. The summed E-state index contributed by atoms with van der Waals surface area (Å²) in [5.41, 5.74) is 0.584. The Morgan fingerprint density at radius 3 is 2.18 bits per heavy atom. The summed E-state index contributed by atoms with van der Waals surface area (Å²) in [6.45, 7) is 0. The lowest BCUT2D eigenvalue weighted by molar-refractivity contribution is -0.135. The van der Waals surface area contributed by atoms with Gasteiger partial charge in [0, 0.05) is 54.1 Å². The second-order valence-corrected chi connectivity index (χ2v) is 7.29. The van der Waals surface area contributed by atoms with Crippen molar-refractivity contribution in [3.05, 3.63) is 59.5 Å². The highest BCUT2D eigenvalue weighted by molar-refractivity contribution is 6.09. The second-order valence-electron chi connectivity index (χ2n) is 7.29. The van der Waals surface area contributed by atoms with Crippen LogP contribution >= 0.6 is 0 Å². The summed E-state index contributed by atoms with van der Waals surface area (Å²) in [7, 11) is 7.52. The van der Waals surface area contributed by atoms with Crippen LogP contribution in [0.15, 0.2) is 52.9 Å². The number of benzene rings is 3. The lowest BCUT2D eigenvalue weighted by Gasteiger charge is -2.17. The fourth-order valence-electron chi connectivity index (χ4n) is 3.51. The van der Waals surface area contributed by atoms with Gasteiger partial charge in [0.25, 0.3) is 0 Å². The van der Waals surface area contributed by atoms with Gasteiger partial charge in [-0.2, -0.15) is 13.2 Å². The van der Waals surface area contributed by atoms with Crippen molar-refractivity contribution in [1.29, 1.82) is 0 Å². The van der Waals surface area contributed by atoms with Gasteiger partial charge < -0.3 is 9.32 Å². The van der Waals surface area contributed by atoms with Gasteiger partial charge in [-0.1, -0.05) is 6.07 Å². The average Bonchev–Trinajstić information content (AvgIpc) is 2.63. The van der Waals surface area contributed by atoms with E-state index in [9.17, 15) is 13.2 Å². The van der Waals surface area contributed by atoms with E-state index in [2.05, 4.69) is 0 Å². The molecule has 1 aromatic heterocycles. The van der Waals surface area contributed by atoms with Gasteiger partial charge in [-0.05, 0) is 29.7 Å². The van der Waals surface area contributed by atoms with Crippen LogP contribution in [0.1, 0.15) is 5.56 Å². The Hall–Kier alpha value is -3.02. The van der Waals surface area contributed by atoms with Crippen molar-refractivity contribution in [2.24, 2.45) is 0 Å². The predicted octanol–water partition coefficient (Wildman–Crippen LogP) is 4.86. The van der Waals surface area contributed by atoms with E-state index in [1.165, 1.54) is 12.1 Å². The summed E-state index contributed by atoms with van der Waals surface area (Å²) in [5.74, 6) is 0. The van der Waals surface area contributed by atoms with Crippen LogP contribution in [0.4, 0.5) is 18.9 Å². The number of halogens is 3. The van der Waals surface area contributed by atoms with Gasteiger partial charge in [0.15, 0.2) is 5.36 Å². The third-order valence-electron chi connectivity index (χ3n) is 4.99. The standard InChI is InChI=1S/C22H20F3N2O/c1-26(2)14-6-9-16-13(11-14)5-8-18-20(22(23,24)25)17-10-7-15(27(3)4)12-19(17)28-21(16)18/h5-12H,1-4H3/q+1. The fraction of sp³-hybridized carbons (Fsp3) is 0.227. The van der Waals surface area contributed by atoms with Crippen LogP contribution in [0.5, 0.6) is 0 Å². The quantitative estimate of drug-likeness (QED) is 0.265. The number of nitrogens with zero attached hydrogens (tertiary/aromatic N) is 2. The van der Waals surface area contributed by atoms with Crippen molar-refractivity contribution in [2.45, 2.75) is 6.18 Å². The molecule has 0 aliphatic rings. The Labute approximate surface area is 159 Å². The normalized spacial score (nSPS) is 12.1. The minimum atomic E-state index is -4.50. The lowest BCUT2D eigenvalue weighted by atomic mass is 9.99. The number of hydrogen-bond donors (Lipinski definition) is 0. The highest BCUT2D eigenvalue weighted by Gasteiger charge is 2.36. The van der Waals surface area contributed by atoms with Crippen molar-refractivity contribution >= 4 is 38.4 Å². The van der Waals surface area contributed by atoms with Crippen LogP contribution < -0.4 is 14.8 Å². The first-order valence-electron chi connectivity index (χ1n) is 8.85. The molecule has 3 nitrogen and oxygen atoms in total. The molecule has 0 aliphatic heterocycles. The fourth-order valence-corrected chi connectivity index (χ4v) is 3.51. The molecule has 144 valence electrons. The molecule has 0 aliphatic carbocycles. The maximum atomic E-state index is 14.0. The Kier molecular flexibility index (Phi) is 4.10. The largest absolute Gasteiger partial charge is 0.455 e. The first kappa shape index (κ1) is 18.3. The van der Waals surface area contributed by atoms with Crippen molar-refractivity contribution in [2.75, 3.05) is 33.1 Å². The Balaban J connectivity index is 2.21. The number of hydrogen-bond acceptors (Lipinski definition) is 2. The zero-order chi connectivity index (χ0) is 20.2. The molecule has 6 heteroatoms. The molecule has 0 unspecified atom stereocenters. The van der Waals surface area contributed by atoms with Gasteiger partial charge >= 0.3 is 6.18 Å². The van der Waals surface area contributed by atoms with Gasteiger partial charge in [0.2, 0.25) is 0 Å². The van der Waals surface area contributed by atoms with Gasteiger partial charge in [-0.25, -0.2) is 4.58 Å². The van der Waals surface area contributed by atoms with Crippen LogP contribution in [-0.2, 0) is 6.18 Å². The first-order valence-corrected chi connectivity index (χ1v) is 8.85. The van der Waals surface area contributed by atoms with Crippen LogP contribution in [-0.4, -0.2) is 28.2 Å². The summed E-state index contributed by atoms with van der Waals surface area (Å²) >= 11 is 0. The number of alkyl halides is 3. The molecule has 0 bridgehead atoms. The Morgan fingerprint density at radius 1 is 0.857 bits per heavy atom. The van der Waals surface area contributed by atoms with E-state index in [0.717, 1.165) is 16.4 Å². The van der Waals surface area contributed by atoms with Gasteiger partial charge in [0.1, 0.15) is 25.3 Å². The maximum absolute atomic E-state index is 14.0. The molecule has 0 saturated carbocycles. The molecule has 1 heterocycles. The van der Waals surface area contributed by atoms with Crippen LogP contribution in [0.3, 0.4) is 0 Å². The Morgan fingerprint density at radius 2 is 1.54 bits per heavy atom. The third kappa shape index (κ3) is 2.89. The predicted molar refractivity (Wildman–Crippen MR) is 108 cm³/mol. The van der Waals surface area contributed by atoms with E-state index in [1.54, 1.807) is 18.2 Å². The summed E-state index contributed by atoms with van der Waals surface area (Å²) in [4.78, 5) is 1.83. The van der Waals surface area contributed by atoms with Gasteiger partial charge in [0.05, 0.1) is 5.56 Å². The van der Waals surface area contributed by atoms with Gasteiger partial charge in [-0.15, -0.1) is 0 Å². The number of anilines is 1. The van der Waals surface area contributed by atoms with Crippen molar-refractivity contribution in [3.63, 3.8) is 0 Å². The highest BCUT2D eigenvalue weighted by Crippen LogP contribution is 2.42. The topological polar surface area (TPSA) is 19.4 Å². The van der Waals surface area contributed by atoms with Crippen molar-refractivity contribution < 1.29 is 17.6 Å². The van der Waals surface area contributed by atoms with Crippen LogP contribution in [0.2, 0.25) is 0 Å². The maximum Gasteiger partial charge on any atom is 0.417 e. The zero-order valence-electron chi connectivity index (χ0n) is 16.1. The number of fused-ring (bicyclic) bond motifs is 4. The minimum Gasteiger partial charge on any atom is -0.455 e. The molecule has 4 aromatic rings. The highest BCUT2D eigenvalue weighted by atomic mass is 19.4. The molecule has 0 atom stereocenters. The molecule has 0 spiro atoms. The zero-order valence-corrected chi connectivity index (χ0v) is 16.1. The van der Waals surface area contributed by atoms with Crippen LogP contribution in [0.25, 0.3) is 32.7 Å². The van der Waals surface area contributed by atoms with E-state index in [4.69, 9.17) is 4.42 Å². The second kappa shape index (κ2) is 6.26. The van der Waals surface area contributed by atoms with E-state index < -0.39 is 11.7 Å². The molecule has 4 rings (SSSR count). The molecule has 28 heavy (non-hydrogen) atoms. The molecular weight excluding hydrogens is 365 g/mol. The molecule has 0 N–H and O–H groups in total. The first-order chi connectivity index (χ1) is 13.2. The van der Waals surface area contributed by atoms with Crippen molar-refractivity contribution in [1.82, 2.24) is 4.58 Å². The molecule has 3 aromatic carbocycles. The monoisotopic (exact) mass is 385 g/mol. The molecule has 0 amide bonds. The SMILES string of the molecule is CN(C)c1ccc2c(C(F)(F)F)c3ccc4cc(=[N+](C)C)ccc4c3oc2c1. The smallest absolute Gasteiger partial charge is 0.417 e. The Bertz CT molecular complexity index is 1300. The molecule has 0 saturated heterocycles.